The van der Waals surface area contributed by atoms with Crippen LogP contribution in [-0.4, -0.2) is 184 Å². The molecule has 0 saturated carbocycles. The van der Waals surface area contributed by atoms with Gasteiger partial charge in [-0.1, -0.05) is 40.0 Å². The zero-order valence-electron chi connectivity index (χ0n) is 44.3. The lowest BCUT2D eigenvalue weighted by Gasteiger charge is -2.32. The number of fused-ring (bicyclic) bond motifs is 5. The summed E-state index contributed by atoms with van der Waals surface area (Å²) < 4.78 is 11.4. The van der Waals surface area contributed by atoms with Gasteiger partial charge >= 0.3 is 6.09 Å². The molecule has 3 aliphatic rings. The van der Waals surface area contributed by atoms with E-state index in [2.05, 4.69) is 47.5 Å². The Morgan fingerprint density at radius 3 is 2.22 bits per heavy atom. The number of aromatic nitrogens is 1. The van der Waals surface area contributed by atoms with Gasteiger partial charge in [-0.25, -0.2) is 4.79 Å². The van der Waals surface area contributed by atoms with Crippen molar-refractivity contribution in [2.75, 3.05) is 45.1 Å². The maximum absolute atomic E-state index is 14.7. The molecule has 1 fully saturated rings. The summed E-state index contributed by atoms with van der Waals surface area (Å²) in [5.74, 6) is -10.1. The quantitative estimate of drug-likeness (QED) is 0.0844. The fraction of sp³-hybridized carbons (Fsp3) is 0.640. The van der Waals surface area contributed by atoms with Crippen molar-refractivity contribution in [2.24, 2.45) is 17.6 Å². The summed E-state index contributed by atoms with van der Waals surface area (Å²) in [6.45, 7) is 8.21. The molecule has 2 aromatic rings. The number of nitrogens with zero attached hydrogens (tertiary/aromatic N) is 1. The Kier molecular flexibility index (Phi) is 22.3. The lowest BCUT2D eigenvalue weighted by molar-refractivity contribution is -0.144. The van der Waals surface area contributed by atoms with Crippen LogP contribution in [0.2, 0.25) is 0 Å². The number of ether oxygens (including phenoxy) is 2. The Labute approximate surface area is 449 Å². The molecule has 27 heteroatoms. The first kappa shape index (κ1) is 61.1. The fourth-order valence-electron chi connectivity index (χ4n) is 8.92. The standard InChI is InChI=1S/C50H75N11O15S/c1-7-25(2)40-45(71)54-20-38(66)55-34-24-77-47-30(29-13-12-28(17-31(29)58-47)75-15-11-9-8-10-14-52-49(74)76-50(4,5)6)18-32(42(68)53-21-39(67)59-40)56-46(72)41(26(3)36(64)23-62)60-44(70)35-16-27(63)22-61(35)48(73)33(19-37(51)65)57-43(34)69/h12-13,17,25-27,32-36,40-41,58,62-64H,7-11,14-16,18-24H2,1-6H3,(H2,51,65)(H,52,74)(H,53,68)(H,54,71)(H,55,66)(H,56,72)(H,57,69)(H,59,67)(H,60,70)/t25?,26-,27?,32?,33-,34?,35?,36-,40?,41?/m0/s1. The van der Waals surface area contributed by atoms with Crippen LogP contribution in [-0.2, 0) is 54.3 Å². The van der Waals surface area contributed by atoms with Crippen LogP contribution in [0.15, 0.2) is 23.2 Å². The van der Waals surface area contributed by atoms with Gasteiger partial charge in [-0.15, -0.1) is 11.8 Å². The van der Waals surface area contributed by atoms with E-state index >= 15 is 0 Å². The molecule has 1 saturated heterocycles. The average Bonchev–Trinajstić information content (AvgIpc) is 3.93. The molecule has 0 radical (unpaired) electrons. The summed E-state index contributed by atoms with van der Waals surface area (Å²) in [7, 11) is 0. The van der Waals surface area contributed by atoms with E-state index in [1.54, 1.807) is 52.8 Å². The molecule has 2 bridgehead atoms. The van der Waals surface area contributed by atoms with Crippen LogP contribution in [0.25, 0.3) is 10.9 Å². The highest BCUT2D eigenvalue weighted by Crippen LogP contribution is 2.34. The summed E-state index contributed by atoms with van der Waals surface area (Å²) in [4.78, 5) is 142. The first-order valence-corrected chi connectivity index (χ1v) is 26.9. The monoisotopic (exact) mass is 1100 g/mol. The largest absolute Gasteiger partial charge is 0.494 e. The molecule has 4 heterocycles. The topological polar surface area (TPSA) is 391 Å². The van der Waals surface area contributed by atoms with Crippen molar-refractivity contribution in [1.82, 2.24) is 52.4 Å². The minimum absolute atomic E-state index is 0.305. The molecule has 10 amide bonds. The van der Waals surface area contributed by atoms with Gasteiger partial charge in [-0.05, 0) is 57.2 Å². The number of alkyl carbamates (subject to hydrolysis) is 1. The van der Waals surface area contributed by atoms with Crippen molar-refractivity contribution >= 4 is 81.9 Å². The molecule has 14 N–H and O–H groups in total. The Bertz CT molecular complexity index is 2490. The van der Waals surface area contributed by atoms with Gasteiger partial charge in [0.2, 0.25) is 53.2 Å². The SMILES string of the molecule is CCC(C)C1NC(=O)CNC(=O)C2Cc3c([nH]c4cc(OCCCCCCNC(=O)OC(C)(C)C)ccc34)SCC(NC(=O)CNC1=O)C(=O)N[C@@H](CC(N)=O)C(=O)N1CC(O)CC1C(=O)NC([C@@H](C)[C@@H](O)CO)C(=O)N2. The van der Waals surface area contributed by atoms with Gasteiger partial charge in [0.05, 0.1) is 55.5 Å². The van der Waals surface area contributed by atoms with Crippen LogP contribution in [0.4, 0.5) is 4.79 Å². The van der Waals surface area contributed by atoms with E-state index in [9.17, 15) is 63.3 Å². The molecule has 7 unspecified atom stereocenters. The number of hydrogen-bond donors (Lipinski definition) is 13. The zero-order chi connectivity index (χ0) is 56.7. The third-order valence-electron chi connectivity index (χ3n) is 13.4. The highest BCUT2D eigenvalue weighted by molar-refractivity contribution is 7.99. The van der Waals surface area contributed by atoms with Gasteiger partial charge in [-0.3, -0.25) is 43.2 Å². The maximum atomic E-state index is 14.7. The number of primary amides is 1. The first-order chi connectivity index (χ1) is 36.4. The molecule has 5 rings (SSSR count). The van der Waals surface area contributed by atoms with Crippen molar-refractivity contribution in [3.63, 3.8) is 0 Å². The van der Waals surface area contributed by atoms with E-state index in [4.69, 9.17) is 15.2 Å². The predicted octanol–water partition coefficient (Wildman–Crippen LogP) is -2.18. The van der Waals surface area contributed by atoms with Gasteiger partial charge in [0.15, 0.2) is 0 Å². The molecule has 3 aliphatic heterocycles. The number of nitrogens with two attached hydrogens (primary N) is 1. The molecule has 26 nitrogen and oxygen atoms in total. The summed E-state index contributed by atoms with van der Waals surface area (Å²) >= 11 is 0.991. The fourth-order valence-corrected chi connectivity index (χ4v) is 10.0. The predicted molar refractivity (Wildman–Crippen MR) is 278 cm³/mol. The second-order valence-corrected chi connectivity index (χ2v) is 21.6. The number of amides is 10. The minimum Gasteiger partial charge on any atom is -0.494 e. The highest BCUT2D eigenvalue weighted by atomic mass is 32.2. The van der Waals surface area contributed by atoms with Crippen LogP contribution in [0.1, 0.15) is 92.1 Å². The number of aliphatic hydroxyl groups is 3. The number of benzene rings is 1. The van der Waals surface area contributed by atoms with Crippen LogP contribution in [0.3, 0.4) is 0 Å². The van der Waals surface area contributed by atoms with Crippen LogP contribution in [0, 0.1) is 11.8 Å². The normalized spacial score (nSPS) is 24.8. The van der Waals surface area contributed by atoms with Crippen molar-refractivity contribution in [3.8, 4) is 5.75 Å². The molecule has 1 aromatic carbocycles. The lowest BCUT2D eigenvalue weighted by atomic mass is 9.93. The average molecular weight is 1100 g/mol. The Morgan fingerprint density at radius 1 is 0.857 bits per heavy atom. The van der Waals surface area contributed by atoms with Crippen molar-refractivity contribution in [3.05, 3.63) is 23.8 Å². The van der Waals surface area contributed by atoms with Gasteiger partial charge < -0.3 is 82.9 Å². The number of thioether (sulfide) groups is 1. The van der Waals surface area contributed by atoms with E-state index in [0.717, 1.165) is 35.9 Å². The minimum atomic E-state index is -1.76. The number of hydrogen-bond acceptors (Lipinski definition) is 16. The van der Waals surface area contributed by atoms with E-state index in [1.165, 1.54) is 6.92 Å². The number of aliphatic hydroxyl groups excluding tert-OH is 3. The second-order valence-electron chi connectivity index (χ2n) is 20.6. The third-order valence-corrected chi connectivity index (χ3v) is 14.5. The van der Waals surface area contributed by atoms with Gasteiger partial charge in [0.25, 0.3) is 0 Å². The number of nitrogens with one attached hydrogen (secondary N) is 9. The maximum Gasteiger partial charge on any atom is 0.407 e. The summed E-state index contributed by atoms with van der Waals surface area (Å²) in [5.41, 5.74) is 5.82. The number of rotatable bonds is 15. The summed E-state index contributed by atoms with van der Waals surface area (Å²) in [6, 6.07) is -4.24. The number of carbonyl (C=O) groups excluding carboxylic acids is 10. The van der Waals surface area contributed by atoms with E-state index < -0.39 is 158 Å². The molecule has 77 heavy (non-hydrogen) atoms. The molecule has 1 aromatic heterocycles. The molecule has 0 aliphatic carbocycles. The van der Waals surface area contributed by atoms with E-state index in [1.807, 2.05) is 0 Å². The second kappa shape index (κ2) is 28.1. The van der Waals surface area contributed by atoms with Crippen LogP contribution in [0.5, 0.6) is 5.75 Å². The molecule has 0 spiro atoms. The lowest BCUT2D eigenvalue weighted by Crippen LogP contribution is -2.62. The summed E-state index contributed by atoms with van der Waals surface area (Å²) in [6.07, 6.45) is -1.53. The molecular formula is C50H75N11O15S. The van der Waals surface area contributed by atoms with E-state index in [0.29, 0.717) is 53.2 Å². The van der Waals surface area contributed by atoms with Crippen LogP contribution < -0.4 is 53.0 Å². The highest BCUT2D eigenvalue weighted by Gasteiger charge is 2.45. The Hall–Kier alpha value is -6.71. The summed E-state index contributed by atoms with van der Waals surface area (Å²) in [5, 5.41) is 53.1. The van der Waals surface area contributed by atoms with Gasteiger partial charge in [-0.2, -0.15) is 0 Å². The van der Waals surface area contributed by atoms with Gasteiger partial charge in [0.1, 0.15) is 47.6 Å². The van der Waals surface area contributed by atoms with Crippen molar-refractivity contribution in [2.45, 2.75) is 152 Å². The number of aromatic amines is 1. The third kappa shape index (κ3) is 17.7. The first-order valence-electron chi connectivity index (χ1n) is 25.9. The van der Waals surface area contributed by atoms with E-state index in [-0.39, 0.29) is 18.6 Å². The number of unbranched alkanes of at least 4 members (excludes halogenated alkanes) is 3. The Morgan fingerprint density at radius 2 is 1.55 bits per heavy atom. The Balaban J connectivity index is 1.59. The molecular weight excluding hydrogens is 1030 g/mol. The molecule has 426 valence electrons. The number of carbonyl (C=O) groups is 10. The molecule has 10 atom stereocenters. The number of H-pyrrole nitrogens is 1. The van der Waals surface area contributed by atoms with Crippen molar-refractivity contribution in [1.29, 1.82) is 0 Å². The smallest absolute Gasteiger partial charge is 0.407 e. The van der Waals surface area contributed by atoms with Crippen LogP contribution >= 0.6 is 11.8 Å². The van der Waals surface area contributed by atoms with Crippen molar-refractivity contribution < 1.29 is 72.7 Å². The van der Waals surface area contributed by atoms with Gasteiger partial charge in [0, 0.05) is 49.1 Å². The zero-order valence-corrected chi connectivity index (χ0v) is 45.1.